The van der Waals surface area contributed by atoms with Gasteiger partial charge < -0.3 is 9.47 Å². The van der Waals surface area contributed by atoms with E-state index < -0.39 is 0 Å². The van der Waals surface area contributed by atoms with Gasteiger partial charge in [-0.3, -0.25) is 0 Å². The van der Waals surface area contributed by atoms with Crippen molar-refractivity contribution >= 4 is 11.3 Å². The summed E-state index contributed by atoms with van der Waals surface area (Å²) in [6.07, 6.45) is 0.400. The van der Waals surface area contributed by atoms with Gasteiger partial charge in [0.25, 0.3) is 0 Å². The van der Waals surface area contributed by atoms with Crippen LogP contribution < -0.4 is 9.47 Å². The molecule has 3 heteroatoms. The summed E-state index contributed by atoms with van der Waals surface area (Å²) >= 11 is 1.57. The molecule has 74 valence electrons. The minimum absolute atomic E-state index is 0.198. The Labute approximate surface area is 83.5 Å². The van der Waals surface area contributed by atoms with E-state index in [1.807, 2.05) is 39.1 Å². The van der Waals surface area contributed by atoms with Crippen molar-refractivity contribution in [1.29, 1.82) is 0 Å². The molecule has 1 aromatic rings. The van der Waals surface area contributed by atoms with Crippen molar-refractivity contribution in [1.82, 2.24) is 0 Å². The predicted octanol–water partition coefficient (Wildman–Crippen LogP) is 3.32. The Bertz CT molecular complexity index is 229. The quantitative estimate of drug-likeness (QED) is 0.742. The van der Waals surface area contributed by atoms with Crippen LogP contribution >= 0.6 is 11.3 Å². The number of thiophene rings is 1. The van der Waals surface area contributed by atoms with Crippen molar-refractivity contribution in [2.45, 2.75) is 39.9 Å². The molecule has 0 unspecified atom stereocenters. The van der Waals surface area contributed by atoms with Gasteiger partial charge in [0.1, 0.15) is 0 Å². The van der Waals surface area contributed by atoms with Gasteiger partial charge in [-0.1, -0.05) is 0 Å². The summed E-state index contributed by atoms with van der Waals surface area (Å²) in [6.45, 7) is 8.05. The van der Waals surface area contributed by atoms with Crippen LogP contribution in [0.3, 0.4) is 0 Å². The first-order chi connectivity index (χ1) is 6.09. The number of ether oxygens (including phenoxy) is 2. The van der Waals surface area contributed by atoms with Crippen LogP contribution in [0.1, 0.15) is 27.7 Å². The van der Waals surface area contributed by atoms with Gasteiger partial charge in [0, 0.05) is 0 Å². The summed E-state index contributed by atoms with van der Waals surface area (Å²) in [5, 5.41) is 2.86. The summed E-state index contributed by atoms with van der Waals surface area (Å²) in [6, 6.07) is 1.95. The zero-order valence-electron chi connectivity index (χ0n) is 8.53. The van der Waals surface area contributed by atoms with Crippen LogP contribution in [-0.2, 0) is 0 Å². The topological polar surface area (TPSA) is 18.5 Å². The maximum atomic E-state index is 5.58. The van der Waals surface area contributed by atoms with Gasteiger partial charge in [-0.25, -0.2) is 0 Å². The highest BCUT2D eigenvalue weighted by Gasteiger charge is 2.09. The third-order valence-electron chi connectivity index (χ3n) is 1.30. The van der Waals surface area contributed by atoms with Gasteiger partial charge >= 0.3 is 0 Å². The predicted molar refractivity (Wildman–Crippen MR) is 55.8 cm³/mol. The highest BCUT2D eigenvalue weighted by atomic mass is 32.1. The molecular formula is C10H16O2S. The van der Waals surface area contributed by atoms with E-state index in [4.69, 9.17) is 9.47 Å². The van der Waals surface area contributed by atoms with E-state index in [2.05, 4.69) is 0 Å². The summed E-state index contributed by atoms with van der Waals surface area (Å²) in [4.78, 5) is 0. The summed E-state index contributed by atoms with van der Waals surface area (Å²) in [5.74, 6) is 0.855. The summed E-state index contributed by atoms with van der Waals surface area (Å²) in [5.41, 5.74) is 0. The van der Waals surface area contributed by atoms with E-state index in [0.717, 1.165) is 10.8 Å². The Morgan fingerprint density at radius 3 is 2.23 bits per heavy atom. The van der Waals surface area contributed by atoms with Gasteiger partial charge in [-0.2, -0.15) is 0 Å². The minimum atomic E-state index is 0.198. The van der Waals surface area contributed by atoms with Crippen molar-refractivity contribution in [2.24, 2.45) is 0 Å². The van der Waals surface area contributed by atoms with E-state index in [-0.39, 0.29) is 12.2 Å². The lowest BCUT2D eigenvalue weighted by Crippen LogP contribution is -2.08. The first-order valence-corrected chi connectivity index (χ1v) is 5.38. The Morgan fingerprint density at radius 1 is 1.08 bits per heavy atom. The number of hydrogen-bond donors (Lipinski definition) is 0. The number of hydrogen-bond acceptors (Lipinski definition) is 3. The molecular weight excluding hydrogens is 184 g/mol. The van der Waals surface area contributed by atoms with E-state index in [0.29, 0.717) is 0 Å². The Hall–Kier alpha value is -0.700. The van der Waals surface area contributed by atoms with Crippen LogP contribution in [0.15, 0.2) is 11.4 Å². The molecule has 2 nitrogen and oxygen atoms in total. The fraction of sp³-hybridized carbons (Fsp3) is 0.600. The van der Waals surface area contributed by atoms with Gasteiger partial charge in [-0.15, -0.1) is 11.3 Å². The third kappa shape index (κ3) is 3.27. The minimum Gasteiger partial charge on any atom is -0.486 e. The lowest BCUT2D eigenvalue weighted by molar-refractivity contribution is 0.205. The van der Waals surface area contributed by atoms with E-state index in [9.17, 15) is 0 Å². The smallest absolute Gasteiger partial charge is 0.217 e. The second kappa shape index (κ2) is 4.51. The second-order valence-electron chi connectivity index (χ2n) is 3.41. The highest BCUT2D eigenvalue weighted by molar-refractivity contribution is 7.12. The van der Waals surface area contributed by atoms with Crippen LogP contribution in [-0.4, -0.2) is 12.2 Å². The average molecular weight is 200 g/mol. The molecule has 0 amide bonds. The van der Waals surface area contributed by atoms with Crippen LogP contribution in [0, 0.1) is 0 Å². The van der Waals surface area contributed by atoms with Crippen molar-refractivity contribution in [2.75, 3.05) is 0 Å². The van der Waals surface area contributed by atoms with E-state index in [1.165, 1.54) is 0 Å². The Balaban J connectivity index is 2.65. The summed E-state index contributed by atoms with van der Waals surface area (Å²) in [7, 11) is 0. The second-order valence-corrected chi connectivity index (χ2v) is 4.28. The fourth-order valence-electron chi connectivity index (χ4n) is 0.925. The molecule has 0 saturated heterocycles. The van der Waals surface area contributed by atoms with Crippen molar-refractivity contribution in [3.05, 3.63) is 11.4 Å². The van der Waals surface area contributed by atoms with E-state index >= 15 is 0 Å². The van der Waals surface area contributed by atoms with Gasteiger partial charge in [0.2, 0.25) is 5.06 Å². The Kier molecular flexibility index (Phi) is 3.60. The largest absolute Gasteiger partial charge is 0.486 e. The molecule has 0 fully saturated rings. The molecule has 0 spiro atoms. The molecule has 0 bridgehead atoms. The molecule has 13 heavy (non-hydrogen) atoms. The fourth-order valence-corrected chi connectivity index (χ4v) is 1.72. The molecule has 1 aromatic heterocycles. The zero-order valence-corrected chi connectivity index (χ0v) is 9.35. The Morgan fingerprint density at radius 2 is 1.69 bits per heavy atom. The zero-order chi connectivity index (χ0) is 9.84. The molecule has 0 aliphatic rings. The SMILES string of the molecule is CC(C)Oc1ccsc1OC(C)C. The van der Waals surface area contributed by atoms with Gasteiger partial charge in [0.05, 0.1) is 12.2 Å². The summed E-state index contributed by atoms with van der Waals surface area (Å²) < 4.78 is 11.2. The van der Waals surface area contributed by atoms with Crippen LogP contribution in [0.2, 0.25) is 0 Å². The van der Waals surface area contributed by atoms with Crippen LogP contribution in [0.5, 0.6) is 10.8 Å². The monoisotopic (exact) mass is 200 g/mol. The van der Waals surface area contributed by atoms with E-state index in [1.54, 1.807) is 11.3 Å². The molecule has 0 atom stereocenters. The molecule has 0 N–H and O–H groups in total. The van der Waals surface area contributed by atoms with Crippen molar-refractivity contribution < 1.29 is 9.47 Å². The molecule has 0 radical (unpaired) electrons. The van der Waals surface area contributed by atoms with Crippen molar-refractivity contribution in [3.63, 3.8) is 0 Å². The molecule has 0 aromatic carbocycles. The standard InChI is InChI=1S/C10H16O2S/c1-7(2)11-9-5-6-13-10(9)12-8(3)4/h5-8H,1-4H3. The third-order valence-corrected chi connectivity index (χ3v) is 2.08. The lowest BCUT2D eigenvalue weighted by Gasteiger charge is -2.12. The molecule has 0 aliphatic heterocycles. The molecule has 0 aliphatic carbocycles. The maximum Gasteiger partial charge on any atom is 0.217 e. The first-order valence-electron chi connectivity index (χ1n) is 4.50. The molecule has 0 saturated carbocycles. The lowest BCUT2D eigenvalue weighted by atomic mass is 10.4. The average Bonchev–Trinajstić information content (AvgIpc) is 2.34. The molecule has 1 rings (SSSR count). The first kappa shape index (κ1) is 10.4. The van der Waals surface area contributed by atoms with Crippen LogP contribution in [0.25, 0.3) is 0 Å². The van der Waals surface area contributed by atoms with Gasteiger partial charge in [-0.05, 0) is 39.1 Å². The van der Waals surface area contributed by atoms with Gasteiger partial charge in [0.15, 0.2) is 5.75 Å². The van der Waals surface area contributed by atoms with Crippen LogP contribution in [0.4, 0.5) is 0 Å². The van der Waals surface area contributed by atoms with Crippen molar-refractivity contribution in [3.8, 4) is 10.8 Å². The maximum absolute atomic E-state index is 5.58. The highest BCUT2D eigenvalue weighted by Crippen LogP contribution is 2.34. The normalized spacial score (nSPS) is 10.9. The number of rotatable bonds is 4. The molecule has 1 heterocycles.